The van der Waals surface area contributed by atoms with E-state index >= 15 is 0 Å². The molecule has 1 heterocycles. The van der Waals surface area contributed by atoms with Crippen molar-refractivity contribution in [3.63, 3.8) is 0 Å². The van der Waals surface area contributed by atoms with Gasteiger partial charge in [-0.3, -0.25) is 4.79 Å². The molecule has 1 aliphatic rings. The van der Waals surface area contributed by atoms with Gasteiger partial charge in [0.2, 0.25) is 5.91 Å². The lowest BCUT2D eigenvalue weighted by molar-refractivity contribution is -0.157. The zero-order valence-electron chi connectivity index (χ0n) is 12.0. The summed E-state index contributed by atoms with van der Waals surface area (Å²) in [6, 6.07) is -0.367. The van der Waals surface area contributed by atoms with E-state index in [2.05, 4.69) is 0 Å². The first kappa shape index (κ1) is 15.0. The largest absolute Gasteiger partial charge is 0.464 e. The van der Waals surface area contributed by atoms with Gasteiger partial charge in [-0.25, -0.2) is 4.79 Å². The van der Waals surface area contributed by atoms with Crippen molar-refractivity contribution < 1.29 is 14.3 Å². The number of amides is 1. The number of hydrogen-bond acceptors (Lipinski definition) is 3. The summed E-state index contributed by atoms with van der Waals surface area (Å²) in [5.74, 6) is -0.181. The molecule has 1 fully saturated rings. The Morgan fingerprint density at radius 3 is 2.50 bits per heavy atom. The van der Waals surface area contributed by atoms with Crippen molar-refractivity contribution in [3.8, 4) is 0 Å². The Kier molecular flexibility index (Phi) is 5.17. The average molecular weight is 255 g/mol. The van der Waals surface area contributed by atoms with Gasteiger partial charge in [0.1, 0.15) is 6.04 Å². The zero-order valence-corrected chi connectivity index (χ0v) is 12.0. The monoisotopic (exact) mass is 255 g/mol. The molecule has 1 unspecified atom stereocenters. The number of carbonyl (C=O) groups is 2. The smallest absolute Gasteiger partial charge is 0.328 e. The molecule has 1 aliphatic heterocycles. The van der Waals surface area contributed by atoms with E-state index < -0.39 is 0 Å². The summed E-state index contributed by atoms with van der Waals surface area (Å²) in [6.45, 7) is 8.95. The van der Waals surface area contributed by atoms with E-state index in [-0.39, 0.29) is 23.3 Å². The number of esters is 1. The summed E-state index contributed by atoms with van der Waals surface area (Å²) in [5.41, 5.74) is -0.0479. The van der Waals surface area contributed by atoms with Crippen LogP contribution >= 0.6 is 0 Å². The molecule has 104 valence electrons. The molecular formula is C14H25NO3. The number of carbonyl (C=O) groups excluding carboxylic acids is 2. The fourth-order valence-corrected chi connectivity index (χ4v) is 2.27. The second-order valence-corrected chi connectivity index (χ2v) is 6.09. The van der Waals surface area contributed by atoms with E-state index in [4.69, 9.17) is 4.74 Å². The van der Waals surface area contributed by atoms with Crippen molar-refractivity contribution in [1.82, 2.24) is 4.90 Å². The highest BCUT2D eigenvalue weighted by Crippen LogP contribution is 2.24. The molecule has 4 nitrogen and oxygen atoms in total. The Hall–Kier alpha value is -1.06. The number of ether oxygens (including phenoxy) is 1. The van der Waals surface area contributed by atoms with E-state index in [0.29, 0.717) is 19.6 Å². The second kappa shape index (κ2) is 6.21. The van der Waals surface area contributed by atoms with E-state index in [0.717, 1.165) is 19.3 Å². The van der Waals surface area contributed by atoms with Crippen LogP contribution in [0.4, 0.5) is 0 Å². The van der Waals surface area contributed by atoms with Gasteiger partial charge in [-0.15, -0.1) is 0 Å². The van der Waals surface area contributed by atoms with Gasteiger partial charge in [0.05, 0.1) is 6.61 Å². The first-order chi connectivity index (χ1) is 8.35. The minimum absolute atomic E-state index is 0.0479. The molecule has 0 aromatic heterocycles. The van der Waals surface area contributed by atoms with Crippen molar-refractivity contribution in [3.05, 3.63) is 0 Å². The van der Waals surface area contributed by atoms with Crippen LogP contribution in [-0.4, -0.2) is 36.0 Å². The van der Waals surface area contributed by atoms with Crippen LogP contribution < -0.4 is 0 Å². The molecule has 0 aliphatic carbocycles. The summed E-state index contributed by atoms with van der Waals surface area (Å²) >= 11 is 0. The predicted octanol–water partition coefficient (Wildman–Crippen LogP) is 2.37. The molecule has 18 heavy (non-hydrogen) atoms. The lowest BCUT2D eigenvalue weighted by Gasteiger charge is -2.35. The molecule has 4 heteroatoms. The van der Waals surface area contributed by atoms with E-state index in [1.807, 2.05) is 20.8 Å². The van der Waals surface area contributed by atoms with E-state index in [1.165, 1.54) is 0 Å². The van der Waals surface area contributed by atoms with Gasteiger partial charge in [0.25, 0.3) is 0 Å². The van der Waals surface area contributed by atoms with Gasteiger partial charge in [-0.1, -0.05) is 20.8 Å². The fourth-order valence-electron chi connectivity index (χ4n) is 2.27. The Morgan fingerprint density at radius 1 is 1.28 bits per heavy atom. The highest BCUT2D eigenvalue weighted by atomic mass is 16.5. The van der Waals surface area contributed by atoms with Gasteiger partial charge in [-0.05, 0) is 31.6 Å². The first-order valence-corrected chi connectivity index (χ1v) is 6.81. The molecule has 0 bridgehead atoms. The Morgan fingerprint density at radius 2 is 1.94 bits per heavy atom. The third-order valence-electron chi connectivity index (χ3n) is 3.06. The molecular weight excluding hydrogens is 230 g/mol. The molecule has 0 N–H and O–H groups in total. The maximum absolute atomic E-state index is 12.3. The van der Waals surface area contributed by atoms with E-state index in [9.17, 15) is 9.59 Å². The normalized spacial score (nSPS) is 20.7. The third kappa shape index (κ3) is 4.31. The van der Waals surface area contributed by atoms with Crippen LogP contribution in [0, 0.1) is 5.41 Å². The molecule has 0 aromatic carbocycles. The molecule has 0 saturated carbocycles. The molecule has 1 saturated heterocycles. The van der Waals surface area contributed by atoms with Crippen molar-refractivity contribution in [2.24, 2.45) is 5.41 Å². The summed E-state index contributed by atoms with van der Waals surface area (Å²) in [5, 5.41) is 0. The van der Waals surface area contributed by atoms with Crippen LogP contribution in [0.1, 0.15) is 53.4 Å². The summed E-state index contributed by atoms with van der Waals surface area (Å²) in [4.78, 5) is 25.8. The number of hydrogen-bond donors (Lipinski definition) is 0. The molecule has 1 amide bonds. The quantitative estimate of drug-likeness (QED) is 0.727. The van der Waals surface area contributed by atoms with Crippen LogP contribution in [0.5, 0.6) is 0 Å². The number of likely N-dealkylation sites (tertiary alicyclic amines) is 1. The average Bonchev–Trinajstić information content (AvgIpc) is 2.27. The minimum Gasteiger partial charge on any atom is -0.464 e. The fraction of sp³-hybridized carbons (Fsp3) is 0.857. The molecule has 1 rings (SSSR count). The summed E-state index contributed by atoms with van der Waals surface area (Å²) in [6.07, 6.45) is 3.17. The maximum atomic E-state index is 12.3. The van der Waals surface area contributed by atoms with Gasteiger partial charge in [-0.2, -0.15) is 0 Å². The van der Waals surface area contributed by atoms with Crippen molar-refractivity contribution in [1.29, 1.82) is 0 Å². The number of rotatable bonds is 3. The number of nitrogens with zero attached hydrogens (tertiary/aromatic N) is 1. The molecule has 0 aromatic rings. The Bertz CT molecular complexity index is 307. The van der Waals surface area contributed by atoms with Gasteiger partial charge in [0.15, 0.2) is 0 Å². The lowest BCUT2D eigenvalue weighted by Crippen LogP contribution is -2.49. The van der Waals surface area contributed by atoms with Gasteiger partial charge < -0.3 is 9.64 Å². The second-order valence-electron chi connectivity index (χ2n) is 6.09. The predicted molar refractivity (Wildman–Crippen MR) is 70.1 cm³/mol. The van der Waals surface area contributed by atoms with E-state index in [1.54, 1.807) is 11.8 Å². The summed E-state index contributed by atoms with van der Waals surface area (Å²) < 4.78 is 5.06. The highest BCUT2D eigenvalue weighted by Gasteiger charge is 2.34. The van der Waals surface area contributed by atoms with Gasteiger partial charge >= 0.3 is 5.97 Å². The van der Waals surface area contributed by atoms with Crippen LogP contribution in [0.2, 0.25) is 0 Å². The Balaban J connectivity index is 2.70. The third-order valence-corrected chi connectivity index (χ3v) is 3.06. The Labute approximate surface area is 110 Å². The van der Waals surface area contributed by atoms with Crippen LogP contribution in [0.15, 0.2) is 0 Å². The topological polar surface area (TPSA) is 46.6 Å². The van der Waals surface area contributed by atoms with Gasteiger partial charge in [0, 0.05) is 13.0 Å². The minimum atomic E-state index is -0.367. The van der Waals surface area contributed by atoms with Crippen molar-refractivity contribution in [2.45, 2.75) is 59.4 Å². The maximum Gasteiger partial charge on any atom is 0.328 e. The van der Waals surface area contributed by atoms with Crippen LogP contribution in [0.25, 0.3) is 0 Å². The molecule has 0 spiro atoms. The highest BCUT2D eigenvalue weighted by molar-refractivity contribution is 5.85. The summed E-state index contributed by atoms with van der Waals surface area (Å²) in [7, 11) is 0. The van der Waals surface area contributed by atoms with Crippen molar-refractivity contribution in [2.75, 3.05) is 13.2 Å². The number of piperidine rings is 1. The standard InChI is InChI=1S/C14H25NO3/c1-5-18-13(17)11-8-6-7-9-15(11)12(16)10-14(2,3)4/h11H,5-10H2,1-4H3. The SMILES string of the molecule is CCOC(=O)C1CCCCN1C(=O)CC(C)(C)C. The molecule has 1 atom stereocenters. The first-order valence-electron chi connectivity index (χ1n) is 6.81. The molecule has 0 radical (unpaired) electrons. The van der Waals surface area contributed by atoms with Crippen molar-refractivity contribution >= 4 is 11.9 Å². The van der Waals surface area contributed by atoms with Crippen LogP contribution in [-0.2, 0) is 14.3 Å². The lowest BCUT2D eigenvalue weighted by atomic mass is 9.90. The van der Waals surface area contributed by atoms with Crippen LogP contribution in [0.3, 0.4) is 0 Å². The zero-order chi connectivity index (χ0) is 13.8.